The minimum absolute atomic E-state index is 0.973. The molecule has 0 amide bonds. The molecule has 4 aliphatic rings. The van der Waals surface area contributed by atoms with Crippen LogP contribution in [0.5, 0.6) is 0 Å². The molecule has 4 aliphatic carbocycles. The van der Waals surface area contributed by atoms with E-state index in [0.717, 1.165) is 35.5 Å². The normalized spacial score (nSPS) is 35.9. The van der Waals surface area contributed by atoms with Gasteiger partial charge in [-0.25, -0.2) is 0 Å². The lowest BCUT2D eigenvalue weighted by atomic mass is 9.88. The van der Waals surface area contributed by atoms with Crippen LogP contribution in [0.1, 0.15) is 104 Å². The highest BCUT2D eigenvalue weighted by Gasteiger charge is 2.35. The molecular weight excluding hydrogens is 312 g/mol. The van der Waals surface area contributed by atoms with Gasteiger partial charge in [0, 0.05) is 0 Å². The molecule has 6 unspecified atom stereocenters. The van der Waals surface area contributed by atoms with Crippen molar-refractivity contribution in [2.24, 2.45) is 35.5 Å². The molecule has 26 heavy (non-hydrogen) atoms. The van der Waals surface area contributed by atoms with E-state index in [1.165, 1.54) is 89.9 Å². The fraction of sp³-hybridized carbons (Fsp3) is 0.846. The molecule has 0 nitrogen and oxygen atoms in total. The second kappa shape index (κ2) is 10.7. The van der Waals surface area contributed by atoms with E-state index >= 15 is 0 Å². The van der Waals surface area contributed by atoms with Gasteiger partial charge in [0.1, 0.15) is 0 Å². The first-order valence-corrected chi connectivity index (χ1v) is 12.2. The van der Waals surface area contributed by atoms with Crippen LogP contribution in [0.4, 0.5) is 0 Å². The maximum absolute atomic E-state index is 2.48. The molecule has 0 aromatic heterocycles. The van der Waals surface area contributed by atoms with Gasteiger partial charge in [-0.3, -0.25) is 0 Å². The highest BCUT2D eigenvalue weighted by atomic mass is 14.4. The summed E-state index contributed by atoms with van der Waals surface area (Å²) in [7, 11) is 0. The van der Waals surface area contributed by atoms with E-state index in [4.69, 9.17) is 0 Å². The van der Waals surface area contributed by atoms with Gasteiger partial charge < -0.3 is 0 Å². The first-order valence-electron chi connectivity index (χ1n) is 12.2. The summed E-state index contributed by atoms with van der Waals surface area (Å²) in [6, 6.07) is 0. The zero-order valence-corrected chi connectivity index (χ0v) is 17.7. The molecule has 148 valence electrons. The van der Waals surface area contributed by atoms with Gasteiger partial charge >= 0.3 is 0 Å². The molecule has 2 fully saturated rings. The van der Waals surface area contributed by atoms with Crippen molar-refractivity contribution in [1.29, 1.82) is 0 Å². The first-order chi connectivity index (χ1) is 12.8. The maximum atomic E-state index is 2.48. The third kappa shape index (κ3) is 5.74. The summed E-state index contributed by atoms with van der Waals surface area (Å²) >= 11 is 0. The summed E-state index contributed by atoms with van der Waals surface area (Å²) < 4.78 is 0. The summed E-state index contributed by atoms with van der Waals surface area (Å²) in [5, 5.41) is 0. The van der Waals surface area contributed by atoms with Crippen molar-refractivity contribution in [3.05, 3.63) is 24.3 Å². The SMILES string of the molecule is CCCCCCC1CC2C=CC1C2.CCCCCCC1CC2C=CC1C2. The number of hydrogen-bond donors (Lipinski definition) is 0. The van der Waals surface area contributed by atoms with E-state index < -0.39 is 0 Å². The number of fused-ring (bicyclic) bond motifs is 4. The standard InChI is InChI=1S/2C13H22/c2*1-2-3-4-5-6-12-9-11-7-8-13(12)10-11/h2*7-8,11-13H,2-6,9-10H2,1H3. The molecule has 0 spiro atoms. The molecule has 0 radical (unpaired) electrons. The van der Waals surface area contributed by atoms with Gasteiger partial charge in [0.2, 0.25) is 0 Å². The largest absolute Gasteiger partial charge is 0.0851 e. The number of unbranched alkanes of at least 4 members (excludes halogenated alkanes) is 6. The lowest BCUT2D eigenvalue weighted by Crippen LogP contribution is -2.06. The quantitative estimate of drug-likeness (QED) is 0.272. The van der Waals surface area contributed by atoms with Crippen molar-refractivity contribution in [2.75, 3.05) is 0 Å². The van der Waals surface area contributed by atoms with E-state index in [0.29, 0.717) is 0 Å². The van der Waals surface area contributed by atoms with Gasteiger partial charge in [-0.15, -0.1) is 0 Å². The fourth-order valence-corrected chi connectivity index (χ4v) is 6.12. The van der Waals surface area contributed by atoms with Crippen LogP contribution >= 0.6 is 0 Å². The molecule has 0 aromatic rings. The number of allylic oxidation sites excluding steroid dienone is 4. The van der Waals surface area contributed by atoms with E-state index in [1.54, 1.807) is 0 Å². The van der Waals surface area contributed by atoms with E-state index in [-0.39, 0.29) is 0 Å². The zero-order chi connectivity index (χ0) is 18.2. The average molecular weight is 357 g/mol. The van der Waals surface area contributed by atoms with Gasteiger partial charge in [0.15, 0.2) is 0 Å². The highest BCUT2D eigenvalue weighted by Crippen LogP contribution is 2.46. The summed E-state index contributed by atoms with van der Waals surface area (Å²) in [5.74, 6) is 6.03. The van der Waals surface area contributed by atoms with Crippen LogP contribution in [0.2, 0.25) is 0 Å². The minimum Gasteiger partial charge on any atom is -0.0851 e. The van der Waals surface area contributed by atoms with Crippen molar-refractivity contribution >= 4 is 0 Å². The lowest BCUT2D eigenvalue weighted by Gasteiger charge is -2.17. The average Bonchev–Trinajstić information content (AvgIpc) is 3.44. The Morgan fingerprint density at radius 3 is 1.31 bits per heavy atom. The van der Waals surface area contributed by atoms with Crippen LogP contribution in [0.15, 0.2) is 24.3 Å². The highest BCUT2D eigenvalue weighted by molar-refractivity contribution is 5.10. The van der Waals surface area contributed by atoms with Crippen molar-refractivity contribution in [1.82, 2.24) is 0 Å². The molecule has 6 atom stereocenters. The third-order valence-electron chi connectivity index (χ3n) is 7.69. The Morgan fingerprint density at radius 1 is 0.538 bits per heavy atom. The Bertz CT molecular complexity index is 403. The Morgan fingerprint density at radius 2 is 1.00 bits per heavy atom. The topological polar surface area (TPSA) is 0 Å². The summed E-state index contributed by atoms with van der Waals surface area (Å²) in [5.41, 5.74) is 0. The van der Waals surface area contributed by atoms with Crippen molar-refractivity contribution < 1.29 is 0 Å². The summed E-state index contributed by atoms with van der Waals surface area (Å²) in [6.45, 7) is 4.58. The minimum atomic E-state index is 0.973. The van der Waals surface area contributed by atoms with E-state index in [9.17, 15) is 0 Å². The van der Waals surface area contributed by atoms with Gasteiger partial charge in [-0.05, 0) is 74.0 Å². The number of rotatable bonds is 10. The molecule has 0 heteroatoms. The van der Waals surface area contributed by atoms with Crippen molar-refractivity contribution in [3.8, 4) is 0 Å². The molecular formula is C26H44. The van der Waals surface area contributed by atoms with E-state index in [1.807, 2.05) is 0 Å². The van der Waals surface area contributed by atoms with Gasteiger partial charge in [0.25, 0.3) is 0 Å². The Kier molecular flexibility index (Phi) is 8.34. The molecule has 2 saturated carbocycles. The molecule has 4 bridgehead atoms. The fourth-order valence-electron chi connectivity index (χ4n) is 6.12. The van der Waals surface area contributed by atoms with Crippen molar-refractivity contribution in [2.45, 2.75) is 104 Å². The maximum Gasteiger partial charge on any atom is -0.0199 e. The summed E-state index contributed by atoms with van der Waals surface area (Å²) in [6.07, 6.45) is 30.4. The molecule has 0 saturated heterocycles. The lowest BCUT2D eigenvalue weighted by molar-refractivity contribution is 0.395. The molecule has 0 N–H and O–H groups in total. The van der Waals surface area contributed by atoms with Crippen LogP contribution in [-0.2, 0) is 0 Å². The monoisotopic (exact) mass is 356 g/mol. The van der Waals surface area contributed by atoms with Gasteiger partial charge in [0.05, 0.1) is 0 Å². The predicted molar refractivity (Wildman–Crippen MR) is 115 cm³/mol. The third-order valence-corrected chi connectivity index (χ3v) is 7.69. The van der Waals surface area contributed by atoms with Crippen molar-refractivity contribution in [3.63, 3.8) is 0 Å². The first kappa shape index (κ1) is 20.2. The molecule has 0 heterocycles. The van der Waals surface area contributed by atoms with Gasteiger partial charge in [-0.2, -0.15) is 0 Å². The molecule has 0 aromatic carbocycles. The Balaban J connectivity index is 0.000000151. The van der Waals surface area contributed by atoms with Crippen LogP contribution < -0.4 is 0 Å². The molecule has 4 rings (SSSR count). The Labute approximate surface area is 163 Å². The van der Waals surface area contributed by atoms with Crippen LogP contribution in [0, 0.1) is 35.5 Å². The van der Waals surface area contributed by atoms with Crippen LogP contribution in [-0.4, -0.2) is 0 Å². The summed E-state index contributed by atoms with van der Waals surface area (Å²) in [4.78, 5) is 0. The second-order valence-electron chi connectivity index (χ2n) is 9.78. The van der Waals surface area contributed by atoms with Crippen LogP contribution in [0.3, 0.4) is 0 Å². The van der Waals surface area contributed by atoms with E-state index in [2.05, 4.69) is 38.2 Å². The predicted octanol–water partition coefficient (Wildman–Crippen LogP) is 8.34. The Hall–Kier alpha value is -0.520. The number of hydrogen-bond acceptors (Lipinski definition) is 0. The smallest absolute Gasteiger partial charge is 0.0199 e. The zero-order valence-electron chi connectivity index (χ0n) is 17.7. The van der Waals surface area contributed by atoms with Crippen LogP contribution in [0.25, 0.3) is 0 Å². The molecule has 0 aliphatic heterocycles. The van der Waals surface area contributed by atoms with Gasteiger partial charge in [-0.1, -0.05) is 89.5 Å². The second-order valence-corrected chi connectivity index (χ2v) is 9.78.